The second-order valence-corrected chi connectivity index (χ2v) is 9.35. The number of aliphatic carboxylic acids is 1. The van der Waals surface area contributed by atoms with E-state index >= 15 is 0 Å². The maximum atomic E-state index is 12.0. The second kappa shape index (κ2) is 10.3. The zero-order chi connectivity index (χ0) is 18.4. The first-order valence-corrected chi connectivity index (χ1v) is 11.3. The third kappa shape index (κ3) is 5.93. The molecule has 1 atom stereocenters. The molecule has 0 amide bonds. The van der Waals surface area contributed by atoms with Crippen molar-refractivity contribution in [2.45, 2.75) is 32.7 Å². The molecule has 0 spiro atoms. The SMILES string of the molecule is CCCN1CSC(=S)N(CC(C(=O)O)N2CN(CCC)CSC2=S)C1. The second-order valence-electron chi connectivity index (χ2n) is 6.20. The molecule has 0 aromatic heterocycles. The van der Waals surface area contributed by atoms with Gasteiger partial charge in [0.1, 0.15) is 14.7 Å². The van der Waals surface area contributed by atoms with Crippen LogP contribution < -0.4 is 0 Å². The summed E-state index contributed by atoms with van der Waals surface area (Å²) in [7, 11) is 0. The van der Waals surface area contributed by atoms with Crippen molar-refractivity contribution in [2.75, 3.05) is 44.7 Å². The fourth-order valence-corrected chi connectivity index (χ4v) is 5.21. The highest BCUT2D eigenvalue weighted by Crippen LogP contribution is 2.24. The van der Waals surface area contributed by atoms with Crippen LogP contribution in [0, 0.1) is 0 Å². The minimum absolute atomic E-state index is 0.363. The van der Waals surface area contributed by atoms with Crippen molar-refractivity contribution < 1.29 is 9.90 Å². The number of carboxylic acids is 1. The van der Waals surface area contributed by atoms with Crippen molar-refractivity contribution in [3.05, 3.63) is 0 Å². The van der Waals surface area contributed by atoms with Crippen LogP contribution in [0.15, 0.2) is 0 Å². The zero-order valence-corrected chi connectivity index (χ0v) is 18.0. The predicted octanol–water partition coefficient (Wildman–Crippen LogP) is 2.36. The molecular weight excluding hydrogens is 396 g/mol. The summed E-state index contributed by atoms with van der Waals surface area (Å²) in [6.07, 6.45) is 2.11. The summed E-state index contributed by atoms with van der Waals surface area (Å²) in [6.45, 7) is 7.84. The van der Waals surface area contributed by atoms with Gasteiger partial charge in [-0.15, -0.1) is 0 Å². The molecule has 0 aromatic carbocycles. The molecule has 0 aliphatic carbocycles. The van der Waals surface area contributed by atoms with Gasteiger partial charge in [0.2, 0.25) is 0 Å². The number of thiocarbonyl (C=S) groups is 2. The Balaban J connectivity index is 2.07. The normalized spacial score (nSPS) is 21.7. The van der Waals surface area contributed by atoms with Crippen molar-refractivity contribution in [1.29, 1.82) is 0 Å². The van der Waals surface area contributed by atoms with E-state index in [0.29, 0.717) is 24.2 Å². The van der Waals surface area contributed by atoms with Crippen molar-refractivity contribution in [1.82, 2.24) is 19.6 Å². The van der Waals surface area contributed by atoms with Crippen molar-refractivity contribution in [3.63, 3.8) is 0 Å². The zero-order valence-electron chi connectivity index (χ0n) is 14.7. The number of nitrogens with zero attached hydrogens (tertiary/aromatic N) is 4. The number of carbonyl (C=O) groups is 1. The fourth-order valence-electron chi connectivity index (χ4n) is 2.90. The Bertz CT molecular complexity index is 508. The van der Waals surface area contributed by atoms with Crippen LogP contribution in [0.1, 0.15) is 26.7 Å². The largest absolute Gasteiger partial charge is 0.480 e. The van der Waals surface area contributed by atoms with E-state index in [1.807, 2.05) is 9.80 Å². The molecule has 10 heteroatoms. The molecule has 2 aliphatic rings. The van der Waals surface area contributed by atoms with E-state index in [1.54, 1.807) is 23.5 Å². The Morgan fingerprint density at radius 1 is 1.08 bits per heavy atom. The van der Waals surface area contributed by atoms with Gasteiger partial charge in [-0.1, -0.05) is 61.8 Å². The molecule has 2 heterocycles. The highest BCUT2D eigenvalue weighted by molar-refractivity contribution is 8.23. The summed E-state index contributed by atoms with van der Waals surface area (Å²) in [4.78, 5) is 20.4. The Hall–Kier alpha value is -0.130. The number of thioether (sulfide) groups is 2. The lowest BCUT2D eigenvalue weighted by atomic mass is 10.2. The Morgan fingerprint density at radius 2 is 1.64 bits per heavy atom. The summed E-state index contributed by atoms with van der Waals surface area (Å²) in [6, 6.07) is -0.681. The average Bonchev–Trinajstić information content (AvgIpc) is 2.57. The van der Waals surface area contributed by atoms with Crippen LogP contribution in [-0.4, -0.2) is 90.1 Å². The Morgan fingerprint density at radius 3 is 2.20 bits per heavy atom. The van der Waals surface area contributed by atoms with Gasteiger partial charge in [0, 0.05) is 13.1 Å². The van der Waals surface area contributed by atoms with Gasteiger partial charge >= 0.3 is 5.97 Å². The quantitative estimate of drug-likeness (QED) is 0.590. The minimum atomic E-state index is -0.846. The molecule has 2 saturated heterocycles. The van der Waals surface area contributed by atoms with Gasteiger partial charge < -0.3 is 14.9 Å². The first-order chi connectivity index (χ1) is 12.0. The Kier molecular flexibility index (Phi) is 8.70. The van der Waals surface area contributed by atoms with E-state index < -0.39 is 12.0 Å². The van der Waals surface area contributed by atoms with Crippen LogP contribution in [0.5, 0.6) is 0 Å². The lowest BCUT2D eigenvalue weighted by molar-refractivity contribution is -0.142. The van der Waals surface area contributed by atoms with Crippen LogP contribution in [0.2, 0.25) is 0 Å². The third-order valence-electron chi connectivity index (χ3n) is 4.09. The van der Waals surface area contributed by atoms with E-state index in [4.69, 9.17) is 24.4 Å². The molecule has 2 rings (SSSR count). The standard InChI is InChI=1S/C15H26N4O2S4/c1-3-5-16-8-18(14(22)24-10-16)7-12(13(20)21)19-9-17(6-4-2)11-25-15(19)23/h12H,3-11H2,1-2H3,(H,20,21). The van der Waals surface area contributed by atoms with Gasteiger partial charge in [-0.25, -0.2) is 4.79 Å². The van der Waals surface area contributed by atoms with Crippen LogP contribution >= 0.6 is 48.0 Å². The Labute approximate surface area is 169 Å². The number of hydrogen-bond donors (Lipinski definition) is 1. The van der Waals surface area contributed by atoms with Crippen molar-refractivity contribution in [2.24, 2.45) is 0 Å². The molecule has 1 N–H and O–H groups in total. The predicted molar refractivity (Wildman–Crippen MR) is 114 cm³/mol. The van der Waals surface area contributed by atoms with Crippen molar-refractivity contribution >= 4 is 62.6 Å². The smallest absolute Gasteiger partial charge is 0.328 e. The van der Waals surface area contributed by atoms with E-state index in [9.17, 15) is 9.90 Å². The van der Waals surface area contributed by atoms with E-state index in [1.165, 1.54) is 0 Å². The first kappa shape index (κ1) is 21.2. The highest BCUT2D eigenvalue weighted by Gasteiger charge is 2.35. The van der Waals surface area contributed by atoms with Crippen LogP contribution in [0.4, 0.5) is 0 Å². The molecule has 6 nitrogen and oxygen atoms in total. The summed E-state index contributed by atoms with van der Waals surface area (Å²) in [5.74, 6) is 0.864. The molecule has 25 heavy (non-hydrogen) atoms. The van der Waals surface area contributed by atoms with Crippen LogP contribution in [-0.2, 0) is 4.79 Å². The summed E-state index contributed by atoms with van der Waals surface area (Å²) in [5.41, 5.74) is 0. The lowest BCUT2D eigenvalue weighted by Crippen LogP contribution is -2.58. The van der Waals surface area contributed by atoms with Crippen LogP contribution in [0.25, 0.3) is 0 Å². The first-order valence-electron chi connectivity index (χ1n) is 8.48. The maximum Gasteiger partial charge on any atom is 0.328 e. The van der Waals surface area contributed by atoms with Gasteiger partial charge in [0.15, 0.2) is 0 Å². The summed E-state index contributed by atoms with van der Waals surface area (Å²) in [5, 5.41) is 9.83. The molecule has 2 aliphatic heterocycles. The monoisotopic (exact) mass is 422 g/mol. The topological polar surface area (TPSA) is 50.3 Å². The highest BCUT2D eigenvalue weighted by atomic mass is 32.2. The van der Waals surface area contributed by atoms with Crippen LogP contribution in [0.3, 0.4) is 0 Å². The molecule has 0 saturated carbocycles. The van der Waals surface area contributed by atoms with Gasteiger partial charge in [0.25, 0.3) is 0 Å². The van der Waals surface area contributed by atoms with E-state index in [-0.39, 0.29) is 0 Å². The fraction of sp³-hybridized carbons (Fsp3) is 0.800. The van der Waals surface area contributed by atoms with Gasteiger partial charge in [0.05, 0.1) is 31.6 Å². The minimum Gasteiger partial charge on any atom is -0.480 e. The number of hydrogen-bond acceptors (Lipinski definition) is 7. The molecule has 2 fully saturated rings. The van der Waals surface area contributed by atoms with E-state index in [0.717, 1.165) is 42.0 Å². The third-order valence-corrected chi connectivity index (χ3v) is 7.27. The van der Waals surface area contributed by atoms with Gasteiger partial charge in [-0.3, -0.25) is 9.80 Å². The van der Waals surface area contributed by atoms with Gasteiger partial charge in [-0.2, -0.15) is 0 Å². The molecule has 1 unspecified atom stereocenters. The lowest BCUT2D eigenvalue weighted by Gasteiger charge is -2.43. The molecular formula is C15H26N4O2S4. The number of rotatable bonds is 8. The molecule has 0 bridgehead atoms. The van der Waals surface area contributed by atoms with E-state index in [2.05, 4.69) is 23.6 Å². The van der Waals surface area contributed by atoms with Crippen molar-refractivity contribution in [3.8, 4) is 0 Å². The molecule has 0 radical (unpaired) electrons. The summed E-state index contributed by atoms with van der Waals surface area (Å²) < 4.78 is 1.44. The number of carboxylic acid groups (broad SMARTS) is 1. The average molecular weight is 423 g/mol. The maximum absolute atomic E-state index is 12.0. The summed E-state index contributed by atoms with van der Waals surface area (Å²) >= 11 is 14.1. The molecule has 142 valence electrons. The van der Waals surface area contributed by atoms with Gasteiger partial charge in [-0.05, 0) is 12.8 Å². The molecule has 0 aromatic rings.